The molecule has 212 valence electrons. The average molecular weight is 553 g/mol. The molecule has 0 aliphatic carbocycles. The molecule has 2 heterocycles. The Hall–Kier alpha value is -4.10. The highest BCUT2D eigenvalue weighted by atomic mass is 19.4. The second-order valence-electron chi connectivity index (χ2n) is 8.95. The van der Waals surface area contributed by atoms with Crippen molar-refractivity contribution < 1.29 is 37.1 Å². The van der Waals surface area contributed by atoms with Gasteiger partial charge in [0.05, 0.1) is 12.2 Å². The van der Waals surface area contributed by atoms with Gasteiger partial charge >= 0.3 is 6.18 Å². The lowest BCUT2D eigenvalue weighted by atomic mass is 10.1. The Morgan fingerprint density at radius 3 is 2.69 bits per heavy atom. The number of para-hydroxylation sites is 1. The lowest BCUT2D eigenvalue weighted by molar-refractivity contribution is -0.141. The fraction of sp³-hybridized carbons (Fsp3) is 0.480. The van der Waals surface area contributed by atoms with E-state index in [0.29, 0.717) is 18.7 Å². The second-order valence-corrected chi connectivity index (χ2v) is 8.95. The number of halogens is 3. The summed E-state index contributed by atoms with van der Waals surface area (Å²) < 4.78 is 45.0. The minimum atomic E-state index is -4.54. The Balaban J connectivity index is 1.66. The molecule has 2 aromatic rings. The van der Waals surface area contributed by atoms with Gasteiger partial charge in [-0.25, -0.2) is 0 Å². The Morgan fingerprint density at radius 1 is 1.18 bits per heavy atom. The van der Waals surface area contributed by atoms with Crippen LogP contribution in [0.4, 0.5) is 13.2 Å². The predicted molar refractivity (Wildman–Crippen MR) is 133 cm³/mol. The van der Waals surface area contributed by atoms with E-state index in [0.717, 1.165) is 10.7 Å². The van der Waals surface area contributed by atoms with Gasteiger partial charge < -0.3 is 26.0 Å². The van der Waals surface area contributed by atoms with Gasteiger partial charge in [-0.05, 0) is 44.4 Å². The first-order valence-corrected chi connectivity index (χ1v) is 12.5. The molecule has 0 saturated carbocycles. The summed E-state index contributed by atoms with van der Waals surface area (Å²) in [6.45, 7) is 2.29. The van der Waals surface area contributed by atoms with Gasteiger partial charge in [0, 0.05) is 32.3 Å². The number of nitrogens with zero attached hydrogens (tertiary/aromatic N) is 2. The van der Waals surface area contributed by atoms with Crippen LogP contribution in [-0.4, -0.2) is 65.2 Å². The number of nitrogens with one attached hydrogen (secondary N) is 4. The quantitative estimate of drug-likeness (QED) is 0.413. The number of hydrogen-bond donors (Lipinski definition) is 4. The molecule has 0 spiro atoms. The van der Waals surface area contributed by atoms with Crippen LogP contribution in [0, 0.1) is 0 Å². The van der Waals surface area contributed by atoms with Crippen LogP contribution in [0.5, 0.6) is 5.75 Å². The van der Waals surface area contributed by atoms with Crippen molar-refractivity contribution in [2.45, 2.75) is 57.4 Å². The molecule has 0 radical (unpaired) electrons. The van der Waals surface area contributed by atoms with Crippen LogP contribution < -0.4 is 26.0 Å². The fourth-order valence-electron chi connectivity index (χ4n) is 3.77. The smallest absolute Gasteiger partial charge is 0.435 e. The second kappa shape index (κ2) is 13.6. The molecule has 0 fully saturated rings. The lowest BCUT2D eigenvalue weighted by Crippen LogP contribution is -2.49. The number of aromatic nitrogens is 2. The topological polar surface area (TPSA) is 143 Å². The number of alkyl halides is 3. The number of carbonyl (C=O) groups is 4. The summed E-state index contributed by atoms with van der Waals surface area (Å²) in [7, 11) is 0. The first-order valence-electron chi connectivity index (χ1n) is 12.5. The fourth-order valence-corrected chi connectivity index (χ4v) is 3.77. The van der Waals surface area contributed by atoms with E-state index in [1.807, 2.05) is 0 Å². The molecule has 1 aliphatic heterocycles. The van der Waals surface area contributed by atoms with E-state index in [2.05, 4.69) is 26.4 Å². The number of fused-ring (bicyclic) bond motifs is 1. The van der Waals surface area contributed by atoms with Crippen molar-refractivity contribution in [3.63, 3.8) is 0 Å². The molecule has 14 heteroatoms. The molecule has 4 amide bonds. The van der Waals surface area contributed by atoms with Gasteiger partial charge in [0.25, 0.3) is 5.91 Å². The molecule has 2 atom stereocenters. The maximum Gasteiger partial charge on any atom is 0.435 e. The van der Waals surface area contributed by atoms with Gasteiger partial charge in [-0.2, -0.15) is 18.3 Å². The highest BCUT2D eigenvalue weighted by Crippen LogP contribution is 2.27. The minimum Gasteiger partial charge on any atom is -0.493 e. The van der Waals surface area contributed by atoms with E-state index in [1.54, 1.807) is 18.2 Å². The predicted octanol–water partition coefficient (Wildman–Crippen LogP) is 1.39. The number of rotatable bonds is 5. The molecular weight excluding hydrogens is 521 g/mol. The van der Waals surface area contributed by atoms with Crippen LogP contribution in [0.15, 0.2) is 36.5 Å². The molecule has 0 saturated heterocycles. The zero-order chi connectivity index (χ0) is 28.4. The average Bonchev–Trinajstić information content (AvgIpc) is 3.38. The maximum absolute atomic E-state index is 13.1. The van der Waals surface area contributed by atoms with Crippen LogP contribution in [0.1, 0.15) is 48.7 Å². The highest BCUT2D eigenvalue weighted by Gasteiger charge is 2.33. The summed E-state index contributed by atoms with van der Waals surface area (Å²) in [6, 6.07) is 5.45. The lowest BCUT2D eigenvalue weighted by Gasteiger charge is -2.21. The first kappa shape index (κ1) is 29.5. The number of ether oxygens (including phenoxy) is 1. The van der Waals surface area contributed by atoms with Crippen molar-refractivity contribution >= 4 is 23.6 Å². The van der Waals surface area contributed by atoms with Crippen molar-refractivity contribution in [3.05, 3.63) is 47.8 Å². The van der Waals surface area contributed by atoms with E-state index in [9.17, 15) is 32.3 Å². The molecule has 3 rings (SSSR count). The van der Waals surface area contributed by atoms with Crippen LogP contribution in [-0.2, 0) is 27.1 Å². The summed E-state index contributed by atoms with van der Waals surface area (Å²) in [5.74, 6) is -1.68. The van der Waals surface area contributed by atoms with Crippen LogP contribution in [0.25, 0.3) is 0 Å². The summed E-state index contributed by atoms with van der Waals surface area (Å²) in [4.78, 5) is 50.6. The van der Waals surface area contributed by atoms with E-state index in [-0.39, 0.29) is 50.4 Å². The molecule has 1 aromatic heterocycles. The van der Waals surface area contributed by atoms with Gasteiger partial charge in [0.15, 0.2) is 5.69 Å². The Kier molecular flexibility index (Phi) is 10.3. The molecular formula is C25H31F3N6O5. The summed E-state index contributed by atoms with van der Waals surface area (Å²) in [5.41, 5.74) is -0.807. The molecule has 1 aliphatic rings. The first-order chi connectivity index (χ1) is 18.5. The van der Waals surface area contributed by atoms with Gasteiger partial charge in [0.1, 0.15) is 17.8 Å². The van der Waals surface area contributed by atoms with Crippen LogP contribution in [0.2, 0.25) is 0 Å². The van der Waals surface area contributed by atoms with Gasteiger partial charge in [-0.15, -0.1) is 0 Å². The monoisotopic (exact) mass is 552 g/mol. The molecule has 11 nitrogen and oxygen atoms in total. The van der Waals surface area contributed by atoms with Gasteiger partial charge in [-0.3, -0.25) is 23.9 Å². The van der Waals surface area contributed by atoms with E-state index >= 15 is 0 Å². The largest absolute Gasteiger partial charge is 0.493 e. The Morgan fingerprint density at radius 2 is 1.95 bits per heavy atom. The van der Waals surface area contributed by atoms with Crippen molar-refractivity contribution in [1.82, 2.24) is 31.0 Å². The maximum atomic E-state index is 13.1. The third kappa shape index (κ3) is 9.00. The SMILES string of the molecule is C[C@@H]1NC(=O)CC[C@@H](C(=O)NCCCn2ccc(C(F)(F)F)n2)NC(=O)c2ccccc2OCCCNC1=O. The standard InChI is InChI=1S/C25H31F3N6O5/c1-16-22(36)29-12-5-15-39-19-7-3-2-6-17(19)23(37)32-18(8-9-21(35)31-16)24(38)30-11-4-13-34-14-10-20(33-34)25(26,27)28/h2-3,6-7,10,14,16,18H,4-5,8-9,11-13,15H2,1H3,(H,29,36)(H,30,38)(H,31,35)(H,32,37)/t16-,18-/m0/s1. The third-order valence-electron chi connectivity index (χ3n) is 5.86. The number of carbonyl (C=O) groups excluding carboxylic acids is 4. The molecule has 39 heavy (non-hydrogen) atoms. The summed E-state index contributed by atoms with van der Waals surface area (Å²) in [6.07, 6.45) is -2.82. The van der Waals surface area contributed by atoms with Crippen molar-refractivity contribution in [2.75, 3.05) is 19.7 Å². The number of amides is 4. The third-order valence-corrected chi connectivity index (χ3v) is 5.86. The zero-order valence-electron chi connectivity index (χ0n) is 21.3. The van der Waals surface area contributed by atoms with Crippen molar-refractivity contribution in [3.8, 4) is 5.75 Å². The number of hydrogen-bond acceptors (Lipinski definition) is 6. The van der Waals surface area contributed by atoms with Crippen LogP contribution >= 0.6 is 0 Å². The molecule has 0 unspecified atom stereocenters. The van der Waals surface area contributed by atoms with E-state index in [4.69, 9.17) is 4.74 Å². The van der Waals surface area contributed by atoms with Gasteiger partial charge in [0.2, 0.25) is 17.7 Å². The number of benzene rings is 1. The van der Waals surface area contributed by atoms with Crippen molar-refractivity contribution in [2.24, 2.45) is 0 Å². The van der Waals surface area contributed by atoms with Crippen molar-refractivity contribution in [1.29, 1.82) is 0 Å². The molecule has 4 N–H and O–H groups in total. The summed E-state index contributed by atoms with van der Waals surface area (Å²) in [5, 5.41) is 14.0. The minimum absolute atomic E-state index is 0.0606. The van der Waals surface area contributed by atoms with Crippen LogP contribution in [0.3, 0.4) is 0 Å². The Bertz CT molecular complexity index is 1170. The number of aryl methyl sites for hydroxylation is 1. The highest BCUT2D eigenvalue weighted by molar-refractivity contribution is 5.99. The van der Waals surface area contributed by atoms with E-state index in [1.165, 1.54) is 19.2 Å². The normalized spacial score (nSPS) is 19.6. The zero-order valence-corrected chi connectivity index (χ0v) is 21.3. The molecule has 0 bridgehead atoms. The van der Waals surface area contributed by atoms with E-state index < -0.39 is 41.7 Å². The van der Waals surface area contributed by atoms with Gasteiger partial charge in [-0.1, -0.05) is 12.1 Å². The summed E-state index contributed by atoms with van der Waals surface area (Å²) >= 11 is 0. The Labute approximate surface area is 222 Å². The molecule has 1 aromatic carbocycles.